The Morgan fingerprint density at radius 3 is 2.28 bits per heavy atom. The Balaban J connectivity index is 0.00000312. The Morgan fingerprint density at radius 1 is 1.12 bits per heavy atom. The molecule has 7 nitrogen and oxygen atoms in total. The lowest BCUT2D eigenvalue weighted by Crippen LogP contribution is -2.46. The molecule has 1 heterocycles. The van der Waals surface area contributed by atoms with Crippen LogP contribution in [0.3, 0.4) is 0 Å². The highest BCUT2D eigenvalue weighted by Gasteiger charge is 2.17. The molecule has 0 aliphatic rings. The molecule has 2 aromatic rings. The smallest absolute Gasteiger partial charge is 0.243 e. The van der Waals surface area contributed by atoms with Gasteiger partial charge in [-0.05, 0) is 5.92 Å². The van der Waals surface area contributed by atoms with Crippen molar-refractivity contribution in [1.29, 1.82) is 0 Å². The third-order valence-electron chi connectivity index (χ3n) is 3.41. The maximum Gasteiger partial charge on any atom is 0.243 e. The molecule has 2 amide bonds. The maximum atomic E-state index is 11.8. The molecular weight excluding hydrogens is 342 g/mol. The fourth-order valence-electron chi connectivity index (χ4n) is 1.92. The van der Waals surface area contributed by atoms with Crippen LogP contribution >= 0.6 is 12.4 Å². The number of carbonyl (C=O) groups is 2. The van der Waals surface area contributed by atoms with Crippen LogP contribution in [0.25, 0.3) is 11.4 Å². The summed E-state index contributed by atoms with van der Waals surface area (Å²) < 4.78 is 0. The zero-order valence-electron chi connectivity index (χ0n) is 14.1. The van der Waals surface area contributed by atoms with E-state index in [4.69, 9.17) is 5.73 Å². The van der Waals surface area contributed by atoms with E-state index in [0.29, 0.717) is 11.5 Å². The molecule has 8 heteroatoms. The summed E-state index contributed by atoms with van der Waals surface area (Å²) >= 11 is 0. The highest BCUT2D eigenvalue weighted by atomic mass is 35.5. The number of hydrogen-bond acceptors (Lipinski definition) is 5. The molecule has 0 aliphatic carbocycles. The number of anilines is 1. The Hall–Kier alpha value is -2.51. The Bertz CT molecular complexity index is 692. The van der Waals surface area contributed by atoms with Crippen molar-refractivity contribution in [3.8, 4) is 11.4 Å². The van der Waals surface area contributed by atoms with Crippen LogP contribution in [0.2, 0.25) is 0 Å². The van der Waals surface area contributed by atoms with E-state index in [9.17, 15) is 9.59 Å². The van der Waals surface area contributed by atoms with Gasteiger partial charge < -0.3 is 16.4 Å². The maximum absolute atomic E-state index is 11.8. The lowest BCUT2D eigenvalue weighted by atomic mass is 10.1. The van der Waals surface area contributed by atoms with Crippen LogP contribution in [0.5, 0.6) is 0 Å². The molecule has 2 rings (SSSR count). The van der Waals surface area contributed by atoms with E-state index in [0.717, 1.165) is 5.56 Å². The van der Waals surface area contributed by atoms with Gasteiger partial charge in [0.05, 0.1) is 30.7 Å². The molecule has 134 valence electrons. The lowest BCUT2D eigenvalue weighted by molar-refractivity contribution is -0.125. The van der Waals surface area contributed by atoms with Gasteiger partial charge in [-0.1, -0.05) is 44.2 Å². The monoisotopic (exact) mass is 363 g/mol. The van der Waals surface area contributed by atoms with Crippen molar-refractivity contribution in [2.45, 2.75) is 19.9 Å². The number of halogens is 1. The van der Waals surface area contributed by atoms with Gasteiger partial charge in [0.2, 0.25) is 11.8 Å². The topological polar surface area (TPSA) is 110 Å². The first-order chi connectivity index (χ1) is 11.5. The number of hydrogen-bond donors (Lipinski definition) is 3. The Morgan fingerprint density at radius 2 is 1.72 bits per heavy atom. The molecule has 0 fully saturated rings. The summed E-state index contributed by atoms with van der Waals surface area (Å²) in [5.74, 6) is -0.136. The second-order valence-electron chi connectivity index (χ2n) is 5.70. The van der Waals surface area contributed by atoms with Gasteiger partial charge in [-0.3, -0.25) is 9.59 Å². The van der Waals surface area contributed by atoms with E-state index in [-0.39, 0.29) is 36.7 Å². The number of benzene rings is 1. The average molecular weight is 364 g/mol. The molecular formula is C17H22ClN5O2. The van der Waals surface area contributed by atoms with Crippen LogP contribution in [0.4, 0.5) is 5.69 Å². The van der Waals surface area contributed by atoms with Gasteiger partial charge in [0.1, 0.15) is 0 Å². The van der Waals surface area contributed by atoms with E-state index in [1.165, 1.54) is 12.4 Å². The fraction of sp³-hybridized carbons (Fsp3) is 0.294. The summed E-state index contributed by atoms with van der Waals surface area (Å²) in [5, 5.41) is 5.13. The van der Waals surface area contributed by atoms with Gasteiger partial charge >= 0.3 is 0 Å². The van der Waals surface area contributed by atoms with Crippen molar-refractivity contribution in [3.05, 3.63) is 42.7 Å². The van der Waals surface area contributed by atoms with E-state index in [2.05, 4.69) is 20.6 Å². The summed E-state index contributed by atoms with van der Waals surface area (Å²) in [5.41, 5.74) is 7.06. The predicted octanol–water partition coefficient (Wildman–Crippen LogP) is 1.60. The van der Waals surface area contributed by atoms with Gasteiger partial charge in [-0.15, -0.1) is 12.4 Å². The number of nitrogens with zero attached hydrogens (tertiary/aromatic N) is 2. The van der Waals surface area contributed by atoms with Crippen LogP contribution in [0.1, 0.15) is 13.8 Å². The number of amides is 2. The molecule has 0 bridgehead atoms. The highest BCUT2D eigenvalue weighted by Crippen LogP contribution is 2.14. The highest BCUT2D eigenvalue weighted by molar-refractivity contribution is 5.95. The molecule has 4 N–H and O–H groups in total. The molecule has 0 spiro atoms. The zero-order chi connectivity index (χ0) is 17.5. The first-order valence-electron chi connectivity index (χ1n) is 7.68. The summed E-state index contributed by atoms with van der Waals surface area (Å²) in [6.07, 6.45) is 3.05. The molecule has 0 aliphatic heterocycles. The SMILES string of the molecule is CC(C)[C@H](N)C(=O)NCC(=O)Nc1cnc(-c2ccccc2)nc1.Cl. The summed E-state index contributed by atoms with van der Waals surface area (Å²) in [6, 6.07) is 8.89. The van der Waals surface area contributed by atoms with E-state index < -0.39 is 6.04 Å². The minimum absolute atomic E-state index is 0. The van der Waals surface area contributed by atoms with Crippen molar-refractivity contribution in [3.63, 3.8) is 0 Å². The van der Waals surface area contributed by atoms with Crippen LogP contribution in [-0.2, 0) is 9.59 Å². The normalized spacial score (nSPS) is 11.4. The summed E-state index contributed by atoms with van der Waals surface area (Å²) in [6.45, 7) is 3.53. The van der Waals surface area contributed by atoms with Crippen molar-refractivity contribution in [2.24, 2.45) is 11.7 Å². The van der Waals surface area contributed by atoms with Gasteiger partial charge in [0.15, 0.2) is 5.82 Å². The van der Waals surface area contributed by atoms with E-state index >= 15 is 0 Å². The second kappa shape index (κ2) is 9.71. The van der Waals surface area contributed by atoms with Gasteiger partial charge in [-0.25, -0.2) is 9.97 Å². The molecule has 0 saturated heterocycles. The van der Waals surface area contributed by atoms with Crippen molar-refractivity contribution in [2.75, 3.05) is 11.9 Å². The van der Waals surface area contributed by atoms with Gasteiger partial charge in [0, 0.05) is 5.56 Å². The van der Waals surface area contributed by atoms with Crippen LogP contribution in [-0.4, -0.2) is 34.4 Å². The summed E-state index contributed by atoms with van der Waals surface area (Å²) in [7, 11) is 0. The van der Waals surface area contributed by atoms with Gasteiger partial charge in [0.25, 0.3) is 0 Å². The van der Waals surface area contributed by atoms with Crippen molar-refractivity contribution >= 4 is 29.9 Å². The number of rotatable bonds is 6. The van der Waals surface area contributed by atoms with Crippen molar-refractivity contribution in [1.82, 2.24) is 15.3 Å². The van der Waals surface area contributed by atoms with Crippen LogP contribution in [0.15, 0.2) is 42.7 Å². The molecule has 1 aromatic heterocycles. The third kappa shape index (κ3) is 6.13. The van der Waals surface area contributed by atoms with E-state index in [1.54, 1.807) is 0 Å². The molecule has 0 saturated carbocycles. The van der Waals surface area contributed by atoms with Crippen LogP contribution < -0.4 is 16.4 Å². The number of nitrogens with one attached hydrogen (secondary N) is 2. The Labute approximate surface area is 152 Å². The summed E-state index contributed by atoms with van der Waals surface area (Å²) in [4.78, 5) is 32.0. The van der Waals surface area contributed by atoms with Crippen molar-refractivity contribution < 1.29 is 9.59 Å². The first kappa shape index (κ1) is 20.5. The first-order valence-corrected chi connectivity index (χ1v) is 7.68. The molecule has 1 atom stereocenters. The van der Waals surface area contributed by atoms with E-state index in [1.807, 2.05) is 44.2 Å². The lowest BCUT2D eigenvalue weighted by Gasteiger charge is -2.15. The molecule has 0 unspecified atom stereocenters. The standard InChI is InChI=1S/C17H21N5O2.ClH/c1-11(2)15(18)17(24)21-10-14(23)22-13-8-19-16(20-9-13)12-6-4-3-5-7-12;/h3-9,11,15H,10,18H2,1-2H3,(H,21,24)(H,22,23);1H/t15-;/m0./s1. The van der Waals surface area contributed by atoms with Gasteiger partial charge in [-0.2, -0.15) is 0 Å². The molecule has 25 heavy (non-hydrogen) atoms. The minimum atomic E-state index is -0.633. The average Bonchev–Trinajstić information content (AvgIpc) is 2.60. The van der Waals surface area contributed by atoms with Crippen LogP contribution in [0, 0.1) is 5.92 Å². The number of carbonyl (C=O) groups excluding carboxylic acids is 2. The largest absolute Gasteiger partial charge is 0.346 e. The Kier molecular flexibility index (Phi) is 7.97. The number of nitrogens with two attached hydrogens (primary N) is 1. The second-order valence-corrected chi connectivity index (χ2v) is 5.70. The molecule has 0 radical (unpaired) electrons. The number of aromatic nitrogens is 2. The minimum Gasteiger partial charge on any atom is -0.346 e. The zero-order valence-corrected chi connectivity index (χ0v) is 14.9. The molecule has 1 aromatic carbocycles. The fourth-order valence-corrected chi connectivity index (χ4v) is 1.92. The third-order valence-corrected chi connectivity index (χ3v) is 3.41. The predicted molar refractivity (Wildman–Crippen MR) is 99.2 cm³/mol. The quantitative estimate of drug-likeness (QED) is 0.722.